The average Bonchev–Trinajstić information content (AvgIpc) is 3.27. The Morgan fingerprint density at radius 2 is 1.79 bits per heavy atom. The number of rotatable bonds is 4. The van der Waals surface area contributed by atoms with Gasteiger partial charge in [-0.25, -0.2) is 0 Å². The standard InChI is InChI=1S/C19H16N2O3/c1-2-9-24-15-7-3-12(4-8-15)11-20-21-18(22)16-13-5-6-14(10-13)17(16)19(21)23/h1,3-8,11,13-14,16-17H,9-10H2. The Morgan fingerprint density at radius 1 is 1.17 bits per heavy atom. The number of carbonyl (C=O) groups excluding carboxylic acids is 2. The number of nitrogens with zero attached hydrogens (tertiary/aromatic N) is 2. The van der Waals surface area contributed by atoms with Gasteiger partial charge in [0.2, 0.25) is 0 Å². The first-order valence-corrected chi connectivity index (χ1v) is 7.95. The summed E-state index contributed by atoms with van der Waals surface area (Å²) in [5.41, 5.74) is 0.779. The van der Waals surface area contributed by atoms with Crippen molar-refractivity contribution in [1.82, 2.24) is 5.01 Å². The maximum absolute atomic E-state index is 12.5. The van der Waals surface area contributed by atoms with Crippen molar-refractivity contribution >= 4 is 18.0 Å². The lowest BCUT2D eigenvalue weighted by molar-refractivity contribution is -0.140. The second kappa shape index (κ2) is 5.64. The van der Waals surface area contributed by atoms with Crippen molar-refractivity contribution in [3.63, 3.8) is 0 Å². The van der Waals surface area contributed by atoms with Gasteiger partial charge < -0.3 is 4.74 Å². The van der Waals surface area contributed by atoms with Crippen LogP contribution in [0.2, 0.25) is 0 Å². The van der Waals surface area contributed by atoms with Crippen molar-refractivity contribution < 1.29 is 14.3 Å². The van der Waals surface area contributed by atoms with Crippen LogP contribution in [0.5, 0.6) is 5.75 Å². The predicted octanol–water partition coefficient (Wildman–Crippen LogP) is 1.84. The second-order valence-electron chi connectivity index (χ2n) is 6.29. The van der Waals surface area contributed by atoms with Gasteiger partial charge in [0.1, 0.15) is 12.4 Å². The molecule has 4 rings (SSSR count). The van der Waals surface area contributed by atoms with E-state index in [0.717, 1.165) is 17.0 Å². The van der Waals surface area contributed by atoms with Gasteiger partial charge in [-0.1, -0.05) is 18.1 Å². The molecule has 0 aromatic heterocycles. The molecule has 5 heteroatoms. The van der Waals surface area contributed by atoms with Gasteiger partial charge in [0.25, 0.3) is 11.8 Å². The molecular weight excluding hydrogens is 304 g/mol. The van der Waals surface area contributed by atoms with Gasteiger partial charge in [-0.05, 0) is 48.1 Å². The zero-order valence-corrected chi connectivity index (χ0v) is 13.0. The zero-order chi connectivity index (χ0) is 16.7. The van der Waals surface area contributed by atoms with Crippen LogP contribution in [0.4, 0.5) is 0 Å². The first-order chi connectivity index (χ1) is 11.7. The van der Waals surface area contributed by atoms with Crippen molar-refractivity contribution in [2.24, 2.45) is 28.8 Å². The number of hydrazone groups is 1. The summed E-state index contributed by atoms with van der Waals surface area (Å²) < 4.78 is 5.30. The van der Waals surface area contributed by atoms with Crippen LogP contribution in [0.15, 0.2) is 41.5 Å². The Labute approximate surface area is 140 Å². The van der Waals surface area contributed by atoms with Crippen molar-refractivity contribution in [2.45, 2.75) is 6.42 Å². The Kier molecular flexibility index (Phi) is 3.46. The number of imide groups is 1. The Balaban J connectivity index is 1.48. The Bertz CT molecular complexity index is 758. The molecule has 5 nitrogen and oxygen atoms in total. The molecule has 1 heterocycles. The lowest BCUT2D eigenvalue weighted by atomic mass is 9.85. The highest BCUT2D eigenvalue weighted by atomic mass is 16.5. The van der Waals surface area contributed by atoms with E-state index < -0.39 is 0 Å². The maximum Gasteiger partial charge on any atom is 0.254 e. The third-order valence-electron chi connectivity index (χ3n) is 4.97. The first-order valence-electron chi connectivity index (χ1n) is 7.95. The number of hydrogen-bond donors (Lipinski definition) is 0. The molecule has 1 aromatic rings. The van der Waals surface area contributed by atoms with Crippen LogP contribution < -0.4 is 4.74 Å². The molecule has 2 aliphatic carbocycles. The molecule has 0 N–H and O–H groups in total. The topological polar surface area (TPSA) is 59.0 Å². The first kappa shape index (κ1) is 14.7. The highest BCUT2D eigenvalue weighted by Gasteiger charge is 2.59. The van der Waals surface area contributed by atoms with Crippen LogP contribution in [0.25, 0.3) is 0 Å². The molecule has 1 saturated carbocycles. The lowest BCUT2D eigenvalue weighted by Crippen LogP contribution is -2.28. The lowest BCUT2D eigenvalue weighted by Gasteiger charge is -2.13. The van der Waals surface area contributed by atoms with Gasteiger partial charge in [-0.3, -0.25) is 9.59 Å². The highest BCUT2D eigenvalue weighted by molar-refractivity contribution is 6.06. The van der Waals surface area contributed by atoms with Crippen LogP contribution in [-0.4, -0.2) is 29.6 Å². The molecule has 120 valence electrons. The summed E-state index contributed by atoms with van der Waals surface area (Å²) in [5.74, 6) is 2.67. The fraction of sp³-hybridized carbons (Fsp3) is 0.316. The monoisotopic (exact) mass is 320 g/mol. The van der Waals surface area contributed by atoms with Crippen LogP contribution >= 0.6 is 0 Å². The number of fused-ring (bicyclic) bond motifs is 5. The van der Waals surface area contributed by atoms with E-state index in [4.69, 9.17) is 11.2 Å². The van der Waals surface area contributed by atoms with Crippen LogP contribution in [-0.2, 0) is 9.59 Å². The number of benzene rings is 1. The summed E-state index contributed by atoms with van der Waals surface area (Å²) in [4.78, 5) is 25.0. The predicted molar refractivity (Wildman–Crippen MR) is 87.9 cm³/mol. The van der Waals surface area contributed by atoms with Gasteiger partial charge in [0, 0.05) is 0 Å². The number of hydrogen-bond acceptors (Lipinski definition) is 4. The summed E-state index contributed by atoms with van der Waals surface area (Å²) in [6, 6.07) is 7.13. The molecular formula is C19H16N2O3. The summed E-state index contributed by atoms with van der Waals surface area (Å²) >= 11 is 0. The summed E-state index contributed by atoms with van der Waals surface area (Å²) in [7, 11) is 0. The second-order valence-corrected chi connectivity index (χ2v) is 6.29. The number of carbonyl (C=O) groups is 2. The fourth-order valence-corrected chi connectivity index (χ4v) is 3.90. The van der Waals surface area contributed by atoms with Gasteiger partial charge in [0.15, 0.2) is 0 Å². The average molecular weight is 320 g/mol. The van der Waals surface area contributed by atoms with Gasteiger partial charge >= 0.3 is 0 Å². The fourth-order valence-electron chi connectivity index (χ4n) is 3.90. The van der Waals surface area contributed by atoms with E-state index in [1.807, 2.05) is 0 Å². The molecule has 3 aliphatic rings. The largest absolute Gasteiger partial charge is 0.481 e. The number of ether oxygens (including phenoxy) is 1. The van der Waals surface area contributed by atoms with Gasteiger partial charge in [-0.2, -0.15) is 10.1 Å². The Hall–Kier alpha value is -2.87. The van der Waals surface area contributed by atoms with Crippen LogP contribution in [0.1, 0.15) is 12.0 Å². The SMILES string of the molecule is C#CCOc1ccc(C=NN2C(=O)C3C4C=CC(C4)C3C2=O)cc1. The zero-order valence-electron chi connectivity index (χ0n) is 13.0. The van der Waals surface area contributed by atoms with Crippen molar-refractivity contribution in [3.8, 4) is 18.1 Å². The van der Waals surface area contributed by atoms with E-state index in [0.29, 0.717) is 5.75 Å². The number of allylic oxidation sites excluding steroid dienone is 2. The molecule has 1 aliphatic heterocycles. The van der Waals surface area contributed by atoms with Crippen LogP contribution in [0.3, 0.4) is 0 Å². The molecule has 1 aromatic carbocycles. The normalized spacial score (nSPS) is 30.2. The third-order valence-corrected chi connectivity index (χ3v) is 4.97. The third kappa shape index (κ3) is 2.23. The van der Waals surface area contributed by atoms with E-state index in [1.54, 1.807) is 24.3 Å². The van der Waals surface area contributed by atoms with E-state index in [-0.39, 0.29) is 42.1 Å². The van der Waals surface area contributed by atoms with E-state index >= 15 is 0 Å². The maximum atomic E-state index is 12.5. The molecule has 4 unspecified atom stereocenters. The highest BCUT2D eigenvalue weighted by Crippen LogP contribution is 2.52. The van der Waals surface area contributed by atoms with E-state index in [1.165, 1.54) is 6.21 Å². The van der Waals surface area contributed by atoms with Crippen molar-refractivity contribution in [1.29, 1.82) is 0 Å². The molecule has 2 fully saturated rings. The minimum absolute atomic E-state index is 0.174. The summed E-state index contributed by atoms with van der Waals surface area (Å²) in [6.07, 6.45) is 11.7. The van der Waals surface area contributed by atoms with Gasteiger partial charge in [-0.15, -0.1) is 6.42 Å². The smallest absolute Gasteiger partial charge is 0.254 e. The van der Waals surface area contributed by atoms with E-state index in [9.17, 15) is 9.59 Å². The quantitative estimate of drug-likeness (QED) is 0.368. The minimum Gasteiger partial charge on any atom is -0.481 e. The molecule has 0 spiro atoms. The van der Waals surface area contributed by atoms with Crippen molar-refractivity contribution in [3.05, 3.63) is 42.0 Å². The minimum atomic E-state index is -0.218. The van der Waals surface area contributed by atoms with E-state index in [2.05, 4.69) is 23.2 Å². The number of terminal acetylenes is 1. The molecule has 2 amide bonds. The molecule has 1 saturated heterocycles. The molecule has 0 radical (unpaired) electrons. The van der Waals surface area contributed by atoms with Crippen molar-refractivity contribution in [2.75, 3.05) is 6.61 Å². The molecule has 24 heavy (non-hydrogen) atoms. The summed E-state index contributed by atoms with van der Waals surface area (Å²) in [5, 5.41) is 5.18. The van der Waals surface area contributed by atoms with Crippen LogP contribution in [0, 0.1) is 36.0 Å². The van der Waals surface area contributed by atoms with Gasteiger partial charge in [0.05, 0.1) is 18.1 Å². The Morgan fingerprint density at radius 3 is 2.38 bits per heavy atom. The summed E-state index contributed by atoms with van der Waals surface area (Å²) in [6.45, 7) is 0.212. The molecule has 2 bridgehead atoms. The molecule has 4 atom stereocenters. The number of amides is 2.